The zero-order valence-electron chi connectivity index (χ0n) is 15.5. The Balaban J connectivity index is 2.70. The highest BCUT2D eigenvalue weighted by molar-refractivity contribution is 5.65. The predicted octanol–water partition coefficient (Wildman–Crippen LogP) is 4.42. The molecule has 0 spiro atoms. The standard InChI is InChI=1S/C18H18F3NO6/c1-9-14(27-16(23)25-3)13(15(10(2)22-9)28-17(24)26-4)11-7-5-6-8-12(11)18(19,20)21/h5-8,13,22H,1-4H3. The fourth-order valence-corrected chi connectivity index (χ4v) is 2.78. The second kappa shape index (κ2) is 8.24. The van der Waals surface area contributed by atoms with Crippen molar-refractivity contribution in [2.45, 2.75) is 25.9 Å². The van der Waals surface area contributed by atoms with E-state index in [1.807, 2.05) is 0 Å². The molecule has 1 aliphatic rings. The minimum atomic E-state index is -4.70. The molecule has 1 aliphatic heterocycles. The molecule has 1 N–H and O–H groups in total. The lowest BCUT2D eigenvalue weighted by Crippen LogP contribution is -2.30. The second-order valence-electron chi connectivity index (χ2n) is 5.73. The summed E-state index contributed by atoms with van der Waals surface area (Å²) < 4.78 is 59.9. The highest BCUT2D eigenvalue weighted by Crippen LogP contribution is 2.44. The van der Waals surface area contributed by atoms with Gasteiger partial charge in [0.2, 0.25) is 0 Å². The van der Waals surface area contributed by atoms with E-state index < -0.39 is 30.0 Å². The predicted molar refractivity (Wildman–Crippen MR) is 89.7 cm³/mol. The largest absolute Gasteiger partial charge is 0.513 e. The van der Waals surface area contributed by atoms with E-state index in [4.69, 9.17) is 9.47 Å². The maximum Gasteiger partial charge on any atom is 0.513 e. The van der Waals surface area contributed by atoms with Crippen molar-refractivity contribution < 1.29 is 41.7 Å². The number of hydrogen-bond donors (Lipinski definition) is 1. The molecule has 0 radical (unpaired) electrons. The number of hydrogen-bond acceptors (Lipinski definition) is 7. The summed E-state index contributed by atoms with van der Waals surface area (Å²) in [6.07, 6.45) is -6.97. The maximum atomic E-state index is 13.6. The third-order valence-electron chi connectivity index (χ3n) is 3.94. The lowest BCUT2D eigenvalue weighted by atomic mass is 9.87. The summed E-state index contributed by atoms with van der Waals surface area (Å²) >= 11 is 0. The van der Waals surface area contributed by atoms with Crippen LogP contribution in [-0.2, 0) is 25.1 Å². The van der Waals surface area contributed by atoms with Gasteiger partial charge in [0.05, 0.1) is 31.2 Å². The van der Waals surface area contributed by atoms with Crippen molar-refractivity contribution in [3.8, 4) is 0 Å². The summed E-state index contributed by atoms with van der Waals surface area (Å²) in [6.45, 7) is 3.00. The molecule has 0 bridgehead atoms. The van der Waals surface area contributed by atoms with Crippen molar-refractivity contribution in [2.75, 3.05) is 14.2 Å². The summed E-state index contributed by atoms with van der Waals surface area (Å²) in [6, 6.07) is 4.71. The number of methoxy groups -OCH3 is 2. The number of alkyl halides is 3. The van der Waals surface area contributed by atoms with Gasteiger partial charge in [0, 0.05) is 0 Å². The first kappa shape index (κ1) is 21.1. The van der Waals surface area contributed by atoms with E-state index in [1.54, 1.807) is 0 Å². The van der Waals surface area contributed by atoms with Crippen molar-refractivity contribution in [2.24, 2.45) is 0 Å². The summed E-state index contributed by atoms with van der Waals surface area (Å²) in [5.74, 6) is -1.75. The molecule has 0 aliphatic carbocycles. The molecule has 7 nitrogen and oxygen atoms in total. The van der Waals surface area contributed by atoms with Crippen LogP contribution in [-0.4, -0.2) is 26.5 Å². The minimum absolute atomic E-state index is 0.201. The van der Waals surface area contributed by atoms with Crippen LogP contribution in [0.25, 0.3) is 0 Å². The minimum Gasteiger partial charge on any atom is -0.437 e. The Labute approximate surface area is 158 Å². The Morgan fingerprint density at radius 1 is 0.929 bits per heavy atom. The number of nitrogens with one attached hydrogen (secondary N) is 1. The Morgan fingerprint density at radius 3 is 1.82 bits per heavy atom. The third-order valence-corrected chi connectivity index (χ3v) is 3.94. The van der Waals surface area contributed by atoms with Crippen LogP contribution < -0.4 is 5.32 Å². The van der Waals surface area contributed by atoms with Crippen molar-refractivity contribution in [1.29, 1.82) is 0 Å². The van der Waals surface area contributed by atoms with Gasteiger partial charge in [-0.25, -0.2) is 9.59 Å². The summed E-state index contributed by atoms with van der Waals surface area (Å²) in [5.41, 5.74) is -0.739. The number of benzene rings is 1. The molecule has 0 amide bonds. The van der Waals surface area contributed by atoms with E-state index in [2.05, 4.69) is 14.8 Å². The number of carbonyl (C=O) groups is 2. The van der Waals surface area contributed by atoms with Crippen LogP contribution in [0.2, 0.25) is 0 Å². The van der Waals surface area contributed by atoms with E-state index >= 15 is 0 Å². The van der Waals surface area contributed by atoms with E-state index in [0.29, 0.717) is 0 Å². The quantitative estimate of drug-likeness (QED) is 0.751. The Hall–Kier alpha value is -3.17. The van der Waals surface area contributed by atoms with Crippen molar-refractivity contribution in [3.05, 3.63) is 58.3 Å². The van der Waals surface area contributed by atoms with Gasteiger partial charge in [-0.15, -0.1) is 0 Å². The molecular formula is C18H18F3NO6. The molecule has 0 aromatic heterocycles. The van der Waals surface area contributed by atoms with Gasteiger partial charge in [-0.05, 0) is 25.5 Å². The number of dihydropyridines is 1. The average Bonchev–Trinajstić information content (AvgIpc) is 2.64. The smallest absolute Gasteiger partial charge is 0.437 e. The van der Waals surface area contributed by atoms with Gasteiger partial charge in [0.15, 0.2) is 0 Å². The maximum absolute atomic E-state index is 13.6. The molecule has 1 heterocycles. The fraction of sp³-hybridized carbons (Fsp3) is 0.333. The van der Waals surface area contributed by atoms with Crippen LogP contribution in [0, 0.1) is 0 Å². The first-order valence-corrected chi connectivity index (χ1v) is 7.96. The second-order valence-corrected chi connectivity index (χ2v) is 5.73. The Kier molecular flexibility index (Phi) is 6.22. The van der Waals surface area contributed by atoms with Crippen molar-refractivity contribution >= 4 is 12.3 Å². The van der Waals surface area contributed by atoms with Crippen LogP contribution in [0.4, 0.5) is 22.8 Å². The average molecular weight is 401 g/mol. The molecular weight excluding hydrogens is 383 g/mol. The highest BCUT2D eigenvalue weighted by atomic mass is 19.4. The highest BCUT2D eigenvalue weighted by Gasteiger charge is 2.41. The van der Waals surface area contributed by atoms with Gasteiger partial charge in [0.1, 0.15) is 17.4 Å². The summed E-state index contributed by atoms with van der Waals surface area (Å²) in [5, 5.41) is 2.81. The van der Waals surface area contributed by atoms with Gasteiger partial charge in [-0.1, -0.05) is 18.2 Å². The van der Waals surface area contributed by atoms with Crippen molar-refractivity contribution in [1.82, 2.24) is 5.32 Å². The van der Waals surface area contributed by atoms with Gasteiger partial charge in [-0.2, -0.15) is 13.2 Å². The normalized spacial score (nSPS) is 15.1. The number of allylic oxidation sites excluding steroid dienone is 2. The zero-order valence-corrected chi connectivity index (χ0v) is 15.5. The van der Waals surface area contributed by atoms with E-state index in [-0.39, 0.29) is 28.5 Å². The van der Waals surface area contributed by atoms with E-state index in [9.17, 15) is 22.8 Å². The molecule has 2 rings (SSSR count). The number of carbonyl (C=O) groups excluding carboxylic acids is 2. The molecule has 1 aromatic rings. The van der Waals surface area contributed by atoms with Crippen molar-refractivity contribution in [3.63, 3.8) is 0 Å². The molecule has 1 aromatic carbocycles. The lowest BCUT2D eigenvalue weighted by molar-refractivity contribution is -0.138. The molecule has 0 unspecified atom stereocenters. The van der Waals surface area contributed by atoms with Gasteiger partial charge >= 0.3 is 18.5 Å². The zero-order chi connectivity index (χ0) is 21.1. The fourth-order valence-electron chi connectivity index (χ4n) is 2.78. The van der Waals surface area contributed by atoms with Crippen LogP contribution in [0.1, 0.15) is 30.9 Å². The lowest BCUT2D eigenvalue weighted by Gasteiger charge is -2.31. The first-order chi connectivity index (χ1) is 13.1. The first-order valence-electron chi connectivity index (χ1n) is 7.96. The van der Waals surface area contributed by atoms with Crippen LogP contribution >= 0.6 is 0 Å². The third kappa shape index (κ3) is 4.38. The van der Waals surface area contributed by atoms with Crippen LogP contribution in [0.5, 0.6) is 0 Å². The van der Waals surface area contributed by atoms with Gasteiger partial charge < -0.3 is 24.3 Å². The molecule has 0 saturated carbocycles. The number of halogens is 3. The van der Waals surface area contributed by atoms with Crippen LogP contribution in [0.3, 0.4) is 0 Å². The molecule has 0 saturated heterocycles. The summed E-state index contributed by atoms with van der Waals surface area (Å²) in [4.78, 5) is 23.3. The molecule has 10 heteroatoms. The molecule has 0 atom stereocenters. The van der Waals surface area contributed by atoms with Gasteiger partial charge in [0.25, 0.3) is 0 Å². The summed E-state index contributed by atoms with van der Waals surface area (Å²) in [7, 11) is 2.11. The monoisotopic (exact) mass is 401 g/mol. The van der Waals surface area contributed by atoms with E-state index in [1.165, 1.54) is 32.0 Å². The Bertz CT molecular complexity index is 804. The molecule has 152 valence electrons. The topological polar surface area (TPSA) is 83.1 Å². The van der Waals surface area contributed by atoms with Gasteiger partial charge in [-0.3, -0.25) is 0 Å². The van der Waals surface area contributed by atoms with Crippen LogP contribution in [0.15, 0.2) is 47.2 Å². The number of rotatable bonds is 3. The molecule has 0 fully saturated rings. The SMILES string of the molecule is COC(=O)OC1=C(C)NC(C)=C(OC(=O)OC)C1c1ccccc1C(F)(F)F. The Morgan fingerprint density at radius 2 is 1.39 bits per heavy atom. The number of ether oxygens (including phenoxy) is 4. The van der Waals surface area contributed by atoms with E-state index in [0.717, 1.165) is 20.3 Å². The molecule has 28 heavy (non-hydrogen) atoms.